The predicted molar refractivity (Wildman–Crippen MR) is 64.1 cm³/mol. The summed E-state index contributed by atoms with van der Waals surface area (Å²) in [5, 5.41) is 0. The largest absolute Gasteiger partial charge is 0.466 e. The molecule has 0 radical (unpaired) electrons. The Morgan fingerprint density at radius 3 is 2.38 bits per heavy atom. The van der Waals surface area contributed by atoms with Crippen LogP contribution in [0.25, 0.3) is 0 Å². The Labute approximate surface area is 98.7 Å². The van der Waals surface area contributed by atoms with Gasteiger partial charge in [-0.3, -0.25) is 4.79 Å². The van der Waals surface area contributed by atoms with Gasteiger partial charge in [0.2, 0.25) is 0 Å². The highest BCUT2D eigenvalue weighted by molar-refractivity contribution is 5.69. The van der Waals surface area contributed by atoms with Crippen LogP contribution in [0.5, 0.6) is 0 Å². The third-order valence-corrected chi connectivity index (χ3v) is 4.12. The molecule has 0 aromatic heterocycles. The predicted octanol–water partition coefficient (Wildman–Crippen LogP) is 3.69. The molecule has 0 aromatic rings. The van der Waals surface area contributed by atoms with Gasteiger partial charge in [0.1, 0.15) is 0 Å². The van der Waals surface area contributed by atoms with Crippen molar-refractivity contribution < 1.29 is 9.53 Å². The molecule has 0 N–H and O–H groups in total. The zero-order chi connectivity index (χ0) is 11.2. The quantitative estimate of drug-likeness (QED) is 0.587. The number of esters is 1. The molecule has 0 amide bonds. The first-order valence-electron chi connectivity index (χ1n) is 7.00. The summed E-state index contributed by atoms with van der Waals surface area (Å²) in [5.74, 6) is 1.54. The van der Waals surface area contributed by atoms with Gasteiger partial charge in [-0.25, -0.2) is 0 Å². The molecule has 2 bridgehead atoms. The maximum absolute atomic E-state index is 11.6. The van der Waals surface area contributed by atoms with Crippen LogP contribution in [0.1, 0.15) is 64.2 Å². The molecule has 0 aromatic carbocycles. The van der Waals surface area contributed by atoms with Crippen LogP contribution in [-0.4, -0.2) is 12.6 Å². The number of ether oxygens (including phenoxy) is 1. The van der Waals surface area contributed by atoms with Gasteiger partial charge < -0.3 is 4.74 Å². The van der Waals surface area contributed by atoms with Crippen molar-refractivity contribution in [2.75, 3.05) is 6.61 Å². The lowest BCUT2D eigenvalue weighted by Gasteiger charge is -2.27. The van der Waals surface area contributed by atoms with E-state index in [9.17, 15) is 4.79 Å². The van der Waals surface area contributed by atoms with E-state index in [1.165, 1.54) is 51.4 Å². The highest BCUT2D eigenvalue weighted by atomic mass is 16.5. The van der Waals surface area contributed by atoms with Gasteiger partial charge in [-0.1, -0.05) is 32.1 Å². The van der Waals surface area contributed by atoms with Gasteiger partial charge in [0.25, 0.3) is 0 Å². The van der Waals surface area contributed by atoms with E-state index >= 15 is 0 Å². The Bertz CT molecular complexity index is 225. The normalized spacial score (nSPS) is 33.4. The molecule has 0 unspecified atom stereocenters. The van der Waals surface area contributed by atoms with Crippen LogP contribution in [0.3, 0.4) is 0 Å². The molecule has 2 heteroatoms. The minimum atomic E-state index is 0.0474. The second-order valence-electron chi connectivity index (χ2n) is 5.53. The van der Waals surface area contributed by atoms with E-state index in [0.717, 1.165) is 12.3 Å². The Morgan fingerprint density at radius 1 is 0.875 bits per heavy atom. The van der Waals surface area contributed by atoms with Crippen molar-refractivity contribution in [3.8, 4) is 0 Å². The molecule has 1 saturated carbocycles. The Hall–Kier alpha value is -0.530. The third kappa shape index (κ3) is 3.80. The van der Waals surface area contributed by atoms with Crippen LogP contribution in [0.4, 0.5) is 0 Å². The standard InChI is InChI=1S/C14H24O2/c15-14-11-13-8-3-1-2-6-12(10-13)7-4-5-9-16-14/h12-13H,1-11H2/t12-,13-/m0/s1. The second kappa shape index (κ2) is 6.27. The maximum Gasteiger partial charge on any atom is 0.306 e. The summed E-state index contributed by atoms with van der Waals surface area (Å²) >= 11 is 0. The van der Waals surface area contributed by atoms with Crippen molar-refractivity contribution >= 4 is 5.97 Å². The lowest BCUT2D eigenvalue weighted by molar-refractivity contribution is -0.145. The summed E-state index contributed by atoms with van der Waals surface area (Å²) < 4.78 is 5.24. The molecule has 2 rings (SSSR count). The summed E-state index contributed by atoms with van der Waals surface area (Å²) in [7, 11) is 0. The van der Waals surface area contributed by atoms with Gasteiger partial charge in [0.15, 0.2) is 0 Å². The van der Waals surface area contributed by atoms with Crippen LogP contribution >= 0.6 is 0 Å². The van der Waals surface area contributed by atoms with Crippen molar-refractivity contribution in [1.29, 1.82) is 0 Å². The zero-order valence-corrected chi connectivity index (χ0v) is 10.2. The minimum absolute atomic E-state index is 0.0474. The van der Waals surface area contributed by atoms with E-state index in [1.54, 1.807) is 0 Å². The molecular weight excluding hydrogens is 200 g/mol. The van der Waals surface area contributed by atoms with E-state index in [2.05, 4.69) is 0 Å². The number of carbonyl (C=O) groups is 1. The lowest BCUT2D eigenvalue weighted by atomic mass is 9.80. The minimum Gasteiger partial charge on any atom is -0.466 e. The van der Waals surface area contributed by atoms with Crippen molar-refractivity contribution in [3.05, 3.63) is 0 Å². The van der Waals surface area contributed by atoms with Crippen LogP contribution in [0, 0.1) is 11.8 Å². The van der Waals surface area contributed by atoms with Gasteiger partial charge in [0, 0.05) is 6.42 Å². The zero-order valence-electron chi connectivity index (χ0n) is 10.2. The lowest BCUT2D eigenvalue weighted by Crippen LogP contribution is -2.19. The Balaban J connectivity index is 1.95. The molecule has 0 spiro atoms. The number of rotatable bonds is 0. The average molecular weight is 224 g/mol. The topological polar surface area (TPSA) is 26.3 Å². The van der Waals surface area contributed by atoms with E-state index in [0.29, 0.717) is 18.9 Å². The summed E-state index contributed by atoms with van der Waals surface area (Å²) in [6, 6.07) is 0. The fourth-order valence-corrected chi connectivity index (χ4v) is 3.21. The van der Waals surface area contributed by atoms with Crippen LogP contribution in [0.15, 0.2) is 0 Å². The number of carbonyl (C=O) groups excluding carboxylic acids is 1. The molecule has 2 aliphatic rings. The van der Waals surface area contributed by atoms with E-state index in [1.807, 2.05) is 0 Å². The fourth-order valence-electron chi connectivity index (χ4n) is 3.21. The van der Waals surface area contributed by atoms with Gasteiger partial charge >= 0.3 is 5.97 Å². The number of hydrogen-bond acceptors (Lipinski definition) is 2. The first-order chi connectivity index (χ1) is 7.84. The molecule has 1 heterocycles. The maximum atomic E-state index is 11.6. The number of cyclic esters (lactones) is 1. The van der Waals surface area contributed by atoms with E-state index < -0.39 is 0 Å². The molecule has 92 valence electrons. The fraction of sp³-hybridized carbons (Fsp3) is 0.929. The summed E-state index contributed by atoms with van der Waals surface area (Å²) in [5.41, 5.74) is 0. The van der Waals surface area contributed by atoms with Crippen LogP contribution in [0.2, 0.25) is 0 Å². The van der Waals surface area contributed by atoms with Crippen molar-refractivity contribution in [3.63, 3.8) is 0 Å². The van der Waals surface area contributed by atoms with Crippen LogP contribution < -0.4 is 0 Å². The van der Waals surface area contributed by atoms with Crippen molar-refractivity contribution in [2.45, 2.75) is 64.2 Å². The SMILES string of the molecule is O=C1C[C@H]2CCCCC[C@@H](CCCCO1)C2. The second-order valence-corrected chi connectivity index (χ2v) is 5.53. The van der Waals surface area contributed by atoms with Crippen molar-refractivity contribution in [1.82, 2.24) is 0 Å². The molecular formula is C14H24O2. The molecule has 2 atom stereocenters. The molecule has 16 heavy (non-hydrogen) atoms. The number of hydrogen-bond donors (Lipinski definition) is 0. The summed E-state index contributed by atoms with van der Waals surface area (Å²) in [6.45, 7) is 0.651. The number of fused-ring (bicyclic) bond motifs is 2. The van der Waals surface area contributed by atoms with Crippen molar-refractivity contribution in [2.24, 2.45) is 11.8 Å². The summed E-state index contributed by atoms with van der Waals surface area (Å²) in [6.07, 6.45) is 12.3. The van der Waals surface area contributed by atoms with E-state index in [-0.39, 0.29) is 5.97 Å². The molecule has 2 nitrogen and oxygen atoms in total. The van der Waals surface area contributed by atoms with Crippen LogP contribution in [-0.2, 0) is 9.53 Å². The molecule has 2 fully saturated rings. The van der Waals surface area contributed by atoms with Gasteiger partial charge in [-0.05, 0) is 37.5 Å². The first kappa shape index (κ1) is 11.9. The molecule has 1 aliphatic carbocycles. The molecule has 1 saturated heterocycles. The average Bonchev–Trinajstić information content (AvgIpc) is 2.23. The Kier molecular flexibility index (Phi) is 4.68. The summed E-state index contributed by atoms with van der Waals surface area (Å²) in [4.78, 5) is 11.6. The van der Waals surface area contributed by atoms with Gasteiger partial charge in [0.05, 0.1) is 6.61 Å². The van der Waals surface area contributed by atoms with Gasteiger partial charge in [-0.2, -0.15) is 0 Å². The first-order valence-corrected chi connectivity index (χ1v) is 7.00. The Morgan fingerprint density at radius 2 is 1.56 bits per heavy atom. The highest BCUT2D eigenvalue weighted by Crippen LogP contribution is 2.32. The highest BCUT2D eigenvalue weighted by Gasteiger charge is 2.22. The van der Waals surface area contributed by atoms with Gasteiger partial charge in [-0.15, -0.1) is 0 Å². The smallest absolute Gasteiger partial charge is 0.306 e. The third-order valence-electron chi connectivity index (χ3n) is 4.12. The molecule has 1 aliphatic heterocycles. The monoisotopic (exact) mass is 224 g/mol. The van der Waals surface area contributed by atoms with E-state index in [4.69, 9.17) is 4.74 Å².